The van der Waals surface area contributed by atoms with Crippen LogP contribution in [-0.2, 0) is 11.3 Å². The maximum atomic E-state index is 11.2. The van der Waals surface area contributed by atoms with Gasteiger partial charge in [0.1, 0.15) is 6.61 Å². The van der Waals surface area contributed by atoms with Crippen molar-refractivity contribution in [2.45, 2.75) is 6.54 Å². The van der Waals surface area contributed by atoms with Crippen LogP contribution in [0.1, 0.15) is 11.1 Å². The maximum absolute atomic E-state index is 11.2. The number of rotatable bonds is 5. The van der Waals surface area contributed by atoms with Crippen molar-refractivity contribution in [1.82, 2.24) is 0 Å². The Bertz CT molecular complexity index is 852. The van der Waals surface area contributed by atoms with Gasteiger partial charge in [0.25, 0.3) is 0 Å². The maximum Gasteiger partial charge on any atom is 0.222 e. The van der Waals surface area contributed by atoms with Gasteiger partial charge in [0, 0.05) is 12.1 Å². The summed E-state index contributed by atoms with van der Waals surface area (Å²) in [5.74, 6) is -0.200. The number of hydrogen-bond donors (Lipinski definition) is 1. The normalized spacial score (nSPS) is 10.7. The number of fused-ring (bicyclic) bond motifs is 1. The van der Waals surface area contributed by atoms with Crippen LogP contribution in [0.2, 0.25) is 0 Å². The molecule has 1 aromatic heterocycles. The van der Waals surface area contributed by atoms with Crippen molar-refractivity contribution in [1.29, 1.82) is 0 Å². The predicted octanol–water partition coefficient (Wildman–Crippen LogP) is -0.137. The van der Waals surface area contributed by atoms with Gasteiger partial charge in [0.2, 0.25) is 12.3 Å². The Morgan fingerprint density at radius 3 is 2.42 bits per heavy atom. The summed E-state index contributed by atoms with van der Waals surface area (Å²) in [6, 6.07) is 18.5. The highest BCUT2D eigenvalue weighted by atomic mass is 79.9. The summed E-state index contributed by atoms with van der Waals surface area (Å²) in [4.78, 5) is 11.2. The van der Waals surface area contributed by atoms with Crippen molar-refractivity contribution in [3.05, 3.63) is 78.1 Å². The lowest BCUT2D eigenvalue weighted by Crippen LogP contribution is -3.00. The second kappa shape index (κ2) is 8.52. The van der Waals surface area contributed by atoms with E-state index < -0.39 is 6.61 Å². The van der Waals surface area contributed by atoms with Gasteiger partial charge in [0.05, 0.1) is 0 Å². The van der Waals surface area contributed by atoms with Gasteiger partial charge < -0.3 is 22.1 Å². The molecule has 122 valence electrons. The van der Waals surface area contributed by atoms with Crippen LogP contribution in [0, 0.1) is 0 Å². The molecule has 0 fully saturated rings. The number of carbonyl (C=O) groups excluding carboxylic acids is 1. The highest BCUT2D eigenvalue weighted by molar-refractivity contribution is 5.92. The minimum atomic E-state index is -0.421. The van der Waals surface area contributed by atoms with E-state index in [-0.39, 0.29) is 29.3 Å². The monoisotopic (exact) mass is 383 g/mol. The Morgan fingerprint density at radius 1 is 0.958 bits per heavy atom. The number of ketones is 1. The number of halogens is 1. The van der Waals surface area contributed by atoms with Crippen molar-refractivity contribution in [2.24, 2.45) is 0 Å². The third-order valence-electron chi connectivity index (χ3n) is 3.73. The molecule has 1 N–H and O–H groups in total. The van der Waals surface area contributed by atoms with Gasteiger partial charge in [-0.15, -0.1) is 0 Å². The Labute approximate surface area is 151 Å². The highest BCUT2D eigenvalue weighted by Gasteiger charge is 2.06. The molecule has 0 aliphatic carbocycles. The first-order valence-electron chi connectivity index (χ1n) is 7.54. The number of carbonyl (C=O) groups is 1. The molecule has 0 spiro atoms. The fourth-order valence-corrected chi connectivity index (χ4v) is 2.52. The minimum Gasteiger partial charge on any atom is -1.00 e. The zero-order valence-corrected chi connectivity index (χ0v) is 14.7. The van der Waals surface area contributed by atoms with E-state index in [4.69, 9.17) is 5.11 Å². The first kappa shape index (κ1) is 18.0. The largest absolute Gasteiger partial charge is 1.00 e. The van der Waals surface area contributed by atoms with E-state index in [9.17, 15) is 4.79 Å². The molecule has 3 rings (SSSR count). The van der Waals surface area contributed by atoms with Gasteiger partial charge in [-0.05, 0) is 21.9 Å². The smallest absolute Gasteiger partial charge is 0.222 e. The molecule has 24 heavy (non-hydrogen) atoms. The van der Waals surface area contributed by atoms with Gasteiger partial charge >= 0.3 is 0 Å². The molecule has 0 saturated heterocycles. The number of Topliss-reactive ketones (excluding diaryl/α,β-unsaturated/α-hetero) is 1. The number of aliphatic hydroxyl groups excluding tert-OH is 1. The van der Waals surface area contributed by atoms with Gasteiger partial charge in [-0.3, -0.25) is 4.79 Å². The van der Waals surface area contributed by atoms with E-state index in [0.29, 0.717) is 0 Å². The minimum absolute atomic E-state index is 0. The lowest BCUT2D eigenvalue weighted by Gasteiger charge is -2.01. The summed E-state index contributed by atoms with van der Waals surface area (Å²) >= 11 is 0. The van der Waals surface area contributed by atoms with E-state index in [2.05, 4.69) is 42.5 Å². The van der Waals surface area contributed by atoms with E-state index in [1.54, 1.807) is 4.57 Å². The summed E-state index contributed by atoms with van der Waals surface area (Å²) in [5.41, 5.74) is 2.24. The number of aromatic nitrogens is 1. The third-order valence-corrected chi connectivity index (χ3v) is 3.73. The van der Waals surface area contributed by atoms with Crippen molar-refractivity contribution in [3.63, 3.8) is 0 Å². The van der Waals surface area contributed by atoms with E-state index in [0.717, 1.165) is 5.56 Å². The fourth-order valence-electron chi connectivity index (χ4n) is 2.52. The molecule has 0 saturated carbocycles. The molecular weight excluding hydrogens is 366 g/mol. The SMILES string of the molecule is O=C(CO)C[n+]1ccc(/C=C/c2cccc3ccccc23)cc1.[Br-]. The molecule has 0 amide bonds. The summed E-state index contributed by atoms with van der Waals surface area (Å²) in [6.07, 6.45) is 7.84. The number of nitrogens with zero attached hydrogens (tertiary/aromatic N) is 1. The molecule has 3 nitrogen and oxygen atoms in total. The quantitative estimate of drug-likeness (QED) is 0.623. The van der Waals surface area contributed by atoms with Crippen LogP contribution in [0.5, 0.6) is 0 Å². The van der Waals surface area contributed by atoms with E-state index >= 15 is 0 Å². The average Bonchev–Trinajstić information content (AvgIpc) is 2.61. The van der Waals surface area contributed by atoms with Crippen LogP contribution >= 0.6 is 0 Å². The molecule has 4 heteroatoms. The Hall–Kier alpha value is -2.30. The highest BCUT2D eigenvalue weighted by Crippen LogP contribution is 2.20. The molecule has 0 radical (unpaired) electrons. The Morgan fingerprint density at radius 2 is 1.67 bits per heavy atom. The summed E-state index contributed by atoms with van der Waals surface area (Å²) < 4.78 is 1.76. The van der Waals surface area contributed by atoms with Gasteiger partial charge in [-0.25, -0.2) is 0 Å². The van der Waals surface area contributed by atoms with Gasteiger partial charge in [0.15, 0.2) is 12.4 Å². The molecule has 0 bridgehead atoms. The van der Waals surface area contributed by atoms with E-state index in [1.165, 1.54) is 16.3 Å². The first-order chi connectivity index (χ1) is 11.3. The second-order valence-electron chi connectivity index (χ2n) is 5.40. The lowest BCUT2D eigenvalue weighted by molar-refractivity contribution is -0.684. The number of pyridine rings is 1. The first-order valence-corrected chi connectivity index (χ1v) is 7.54. The van der Waals surface area contributed by atoms with Gasteiger partial charge in [-0.2, -0.15) is 4.57 Å². The van der Waals surface area contributed by atoms with Crippen LogP contribution in [0.3, 0.4) is 0 Å². The standard InChI is InChI=1S/C20H18NO2.BrH/c22-15-19(23)14-21-12-10-16(11-13-21)8-9-18-6-3-5-17-4-1-2-7-20(17)18;/h1-13,22H,14-15H2;1H/q+1;/p-1/b9-8+;. The molecule has 3 aromatic rings. The number of benzene rings is 2. The Balaban J connectivity index is 0.00000208. The Kier molecular flexibility index (Phi) is 6.41. The third kappa shape index (κ3) is 4.37. The molecule has 0 aliphatic heterocycles. The molecule has 0 atom stereocenters. The van der Waals surface area contributed by atoms with Crippen molar-refractivity contribution < 1.29 is 31.4 Å². The van der Waals surface area contributed by atoms with Crippen LogP contribution in [0.25, 0.3) is 22.9 Å². The summed E-state index contributed by atoms with van der Waals surface area (Å²) in [5, 5.41) is 11.2. The fraction of sp³-hybridized carbons (Fsp3) is 0.100. The van der Waals surface area contributed by atoms with Crippen LogP contribution < -0.4 is 21.5 Å². The van der Waals surface area contributed by atoms with Crippen LogP contribution in [0.4, 0.5) is 0 Å². The van der Waals surface area contributed by atoms with Crippen LogP contribution in [0.15, 0.2) is 67.0 Å². The molecule has 0 aliphatic rings. The second-order valence-corrected chi connectivity index (χ2v) is 5.40. The number of hydrogen-bond acceptors (Lipinski definition) is 2. The molecule has 1 heterocycles. The average molecular weight is 384 g/mol. The topological polar surface area (TPSA) is 41.2 Å². The zero-order valence-electron chi connectivity index (χ0n) is 13.1. The zero-order chi connectivity index (χ0) is 16.1. The molecule has 2 aromatic carbocycles. The molecule has 0 unspecified atom stereocenters. The van der Waals surface area contributed by atoms with Gasteiger partial charge in [-0.1, -0.05) is 54.6 Å². The van der Waals surface area contributed by atoms with E-state index in [1.807, 2.05) is 36.7 Å². The summed E-state index contributed by atoms with van der Waals surface area (Å²) in [6.45, 7) is -0.223. The van der Waals surface area contributed by atoms with Crippen molar-refractivity contribution in [3.8, 4) is 0 Å². The molecular formula is C20H18BrNO2. The van der Waals surface area contributed by atoms with Crippen molar-refractivity contribution in [2.75, 3.05) is 6.61 Å². The number of aliphatic hydroxyl groups is 1. The van der Waals surface area contributed by atoms with Crippen molar-refractivity contribution >= 4 is 28.7 Å². The van der Waals surface area contributed by atoms with Crippen LogP contribution in [-0.4, -0.2) is 17.5 Å². The lowest BCUT2D eigenvalue weighted by atomic mass is 10.0. The predicted molar refractivity (Wildman–Crippen MR) is 91.6 cm³/mol. The summed E-state index contributed by atoms with van der Waals surface area (Å²) in [7, 11) is 0.